The van der Waals surface area contributed by atoms with Crippen molar-refractivity contribution in [1.29, 1.82) is 0 Å². The molecule has 0 unspecified atom stereocenters. The monoisotopic (exact) mass is 495 g/mol. The standard InChI is InChI=1S/C29H25N3O5/c1-35-25-5-3-2-4-20(25)8-11-31-12-9-23-21(28(31)33)17-22-24(30-23)10-13-32(29(22)34)18-19-6-7-26-27(16-19)37-15-14-36-26/h2-7,9-10,12-13,16-17H,8,11,14-15,18H2,1H3. The largest absolute Gasteiger partial charge is 0.496 e. The summed E-state index contributed by atoms with van der Waals surface area (Å²) in [6.07, 6.45) is 4.12. The molecule has 5 aromatic rings. The molecule has 1 aliphatic heterocycles. The Hall–Kier alpha value is -4.59. The van der Waals surface area contributed by atoms with Crippen LogP contribution in [0.25, 0.3) is 21.8 Å². The fourth-order valence-corrected chi connectivity index (χ4v) is 4.74. The number of methoxy groups -OCH3 is 1. The molecular formula is C29H25N3O5. The van der Waals surface area contributed by atoms with Gasteiger partial charge in [0.25, 0.3) is 11.1 Å². The van der Waals surface area contributed by atoms with Crippen LogP contribution in [-0.4, -0.2) is 34.4 Å². The van der Waals surface area contributed by atoms with Gasteiger partial charge in [-0.3, -0.25) is 9.59 Å². The van der Waals surface area contributed by atoms with Gasteiger partial charge in [-0.1, -0.05) is 24.3 Å². The van der Waals surface area contributed by atoms with Crippen LogP contribution in [0, 0.1) is 0 Å². The van der Waals surface area contributed by atoms with E-state index in [9.17, 15) is 9.59 Å². The number of para-hydroxylation sites is 1. The minimum absolute atomic E-state index is 0.177. The van der Waals surface area contributed by atoms with Gasteiger partial charge in [0, 0.05) is 18.9 Å². The zero-order chi connectivity index (χ0) is 25.4. The van der Waals surface area contributed by atoms with E-state index in [4.69, 9.17) is 14.2 Å². The van der Waals surface area contributed by atoms with Crippen molar-refractivity contribution in [2.75, 3.05) is 20.3 Å². The number of nitrogens with zero attached hydrogens (tertiary/aromatic N) is 3. The molecule has 8 heteroatoms. The fourth-order valence-electron chi connectivity index (χ4n) is 4.74. The van der Waals surface area contributed by atoms with Crippen LogP contribution in [0.15, 0.2) is 82.6 Å². The Labute approximate surface area is 212 Å². The highest BCUT2D eigenvalue weighted by Gasteiger charge is 2.14. The number of aromatic nitrogens is 3. The highest BCUT2D eigenvalue weighted by atomic mass is 16.6. The van der Waals surface area contributed by atoms with E-state index < -0.39 is 0 Å². The molecule has 186 valence electrons. The van der Waals surface area contributed by atoms with Crippen LogP contribution in [0.3, 0.4) is 0 Å². The van der Waals surface area contributed by atoms with Gasteiger partial charge < -0.3 is 23.3 Å². The van der Waals surface area contributed by atoms with Crippen molar-refractivity contribution >= 4 is 21.8 Å². The Bertz CT molecular complexity index is 1760. The molecule has 0 fully saturated rings. The van der Waals surface area contributed by atoms with Gasteiger partial charge >= 0.3 is 0 Å². The van der Waals surface area contributed by atoms with Crippen molar-refractivity contribution < 1.29 is 14.2 Å². The van der Waals surface area contributed by atoms with Crippen LogP contribution in [0.1, 0.15) is 11.1 Å². The molecule has 6 rings (SSSR count). The molecule has 4 heterocycles. The summed E-state index contributed by atoms with van der Waals surface area (Å²) >= 11 is 0. The number of fused-ring (bicyclic) bond motifs is 3. The van der Waals surface area contributed by atoms with E-state index in [1.165, 1.54) is 0 Å². The Kier molecular flexibility index (Phi) is 5.84. The van der Waals surface area contributed by atoms with Gasteiger partial charge in [-0.05, 0) is 53.9 Å². The quantitative estimate of drug-likeness (QED) is 0.334. The Balaban J connectivity index is 1.34. The van der Waals surface area contributed by atoms with Crippen LogP contribution in [0.2, 0.25) is 0 Å². The van der Waals surface area contributed by atoms with Crippen LogP contribution >= 0.6 is 0 Å². The predicted octanol–water partition coefficient (Wildman–Crippen LogP) is 3.78. The van der Waals surface area contributed by atoms with Crippen molar-refractivity contribution in [3.05, 3.63) is 105 Å². The second kappa shape index (κ2) is 9.46. The molecule has 0 saturated carbocycles. The number of hydrogen-bond donors (Lipinski definition) is 0. The van der Waals surface area contributed by atoms with Crippen molar-refractivity contribution in [1.82, 2.24) is 14.1 Å². The van der Waals surface area contributed by atoms with Gasteiger partial charge in [-0.15, -0.1) is 0 Å². The van der Waals surface area contributed by atoms with Crippen molar-refractivity contribution in [2.45, 2.75) is 19.5 Å². The van der Waals surface area contributed by atoms with Gasteiger partial charge in [0.2, 0.25) is 0 Å². The summed E-state index contributed by atoms with van der Waals surface area (Å²) in [7, 11) is 1.64. The van der Waals surface area contributed by atoms with Crippen LogP contribution in [0.5, 0.6) is 17.2 Å². The fraction of sp³-hybridized carbons (Fsp3) is 0.207. The van der Waals surface area contributed by atoms with Crippen LogP contribution in [0.4, 0.5) is 0 Å². The molecule has 2 aromatic carbocycles. The highest BCUT2D eigenvalue weighted by molar-refractivity contribution is 5.91. The maximum atomic E-state index is 13.4. The maximum Gasteiger partial charge on any atom is 0.260 e. The SMILES string of the molecule is COc1ccccc1CCn1ccc2nc3ccn(Cc4ccc5c(c4)OCCO5)c(=O)c3cc2c1=O. The minimum atomic E-state index is -0.203. The zero-order valence-corrected chi connectivity index (χ0v) is 20.3. The average molecular weight is 496 g/mol. The summed E-state index contributed by atoms with van der Waals surface area (Å²) in [5.41, 5.74) is 2.68. The first-order valence-corrected chi connectivity index (χ1v) is 12.1. The number of aryl methyl sites for hydroxylation is 2. The smallest absolute Gasteiger partial charge is 0.260 e. The second-order valence-electron chi connectivity index (χ2n) is 8.96. The maximum absolute atomic E-state index is 13.4. The summed E-state index contributed by atoms with van der Waals surface area (Å²) in [6.45, 7) is 1.87. The van der Waals surface area contributed by atoms with Gasteiger partial charge in [0.15, 0.2) is 11.5 Å². The normalized spacial score (nSPS) is 12.7. The van der Waals surface area contributed by atoms with Gasteiger partial charge in [0.05, 0.1) is 35.5 Å². The number of rotatable bonds is 6. The van der Waals surface area contributed by atoms with Gasteiger partial charge in [-0.2, -0.15) is 0 Å². The number of ether oxygens (including phenoxy) is 3. The van der Waals surface area contributed by atoms with Gasteiger partial charge in [-0.25, -0.2) is 4.98 Å². The number of pyridine rings is 3. The Morgan fingerprint density at radius 3 is 2.32 bits per heavy atom. The van der Waals surface area contributed by atoms with Crippen molar-refractivity contribution in [3.8, 4) is 17.2 Å². The molecule has 37 heavy (non-hydrogen) atoms. The molecule has 0 N–H and O–H groups in total. The van der Waals surface area contributed by atoms with Crippen molar-refractivity contribution in [2.24, 2.45) is 0 Å². The first-order chi connectivity index (χ1) is 18.1. The van der Waals surface area contributed by atoms with E-state index >= 15 is 0 Å². The molecule has 1 aliphatic rings. The Morgan fingerprint density at radius 2 is 1.54 bits per heavy atom. The van der Waals surface area contributed by atoms with E-state index in [0.29, 0.717) is 66.0 Å². The third kappa shape index (κ3) is 4.31. The van der Waals surface area contributed by atoms with E-state index in [0.717, 1.165) is 16.9 Å². The zero-order valence-electron chi connectivity index (χ0n) is 20.3. The van der Waals surface area contributed by atoms with E-state index in [-0.39, 0.29) is 11.1 Å². The first-order valence-electron chi connectivity index (χ1n) is 12.1. The second-order valence-corrected chi connectivity index (χ2v) is 8.96. The number of hydrogen-bond acceptors (Lipinski definition) is 6. The lowest BCUT2D eigenvalue weighted by Crippen LogP contribution is -2.23. The summed E-state index contributed by atoms with van der Waals surface area (Å²) in [5, 5.41) is 0.830. The molecule has 0 radical (unpaired) electrons. The molecule has 0 spiro atoms. The average Bonchev–Trinajstić information content (AvgIpc) is 2.94. The van der Waals surface area contributed by atoms with Crippen molar-refractivity contribution in [3.63, 3.8) is 0 Å². The third-order valence-electron chi connectivity index (χ3n) is 6.66. The molecular weight excluding hydrogens is 470 g/mol. The summed E-state index contributed by atoms with van der Waals surface area (Å²) in [6, 6.07) is 18.7. The molecule has 3 aromatic heterocycles. The minimum Gasteiger partial charge on any atom is -0.496 e. The van der Waals surface area contributed by atoms with E-state index in [1.54, 1.807) is 40.8 Å². The third-order valence-corrected chi connectivity index (χ3v) is 6.66. The molecule has 0 saturated heterocycles. The van der Waals surface area contributed by atoms with Crippen LogP contribution < -0.4 is 25.3 Å². The van der Waals surface area contributed by atoms with E-state index in [2.05, 4.69) is 4.98 Å². The first kappa shape index (κ1) is 22.8. The summed E-state index contributed by atoms with van der Waals surface area (Å²) in [4.78, 5) is 31.3. The lowest BCUT2D eigenvalue weighted by atomic mass is 10.1. The summed E-state index contributed by atoms with van der Waals surface area (Å²) in [5.74, 6) is 2.18. The Morgan fingerprint density at radius 1 is 0.838 bits per heavy atom. The summed E-state index contributed by atoms with van der Waals surface area (Å²) < 4.78 is 20.0. The molecule has 0 bridgehead atoms. The topological polar surface area (TPSA) is 84.6 Å². The molecule has 0 amide bonds. The molecule has 0 aliphatic carbocycles. The molecule has 8 nitrogen and oxygen atoms in total. The van der Waals surface area contributed by atoms with E-state index in [1.807, 2.05) is 48.5 Å². The van der Waals surface area contributed by atoms with Gasteiger partial charge in [0.1, 0.15) is 19.0 Å². The highest BCUT2D eigenvalue weighted by Crippen LogP contribution is 2.31. The number of benzene rings is 2. The predicted molar refractivity (Wildman–Crippen MR) is 141 cm³/mol. The lowest BCUT2D eigenvalue weighted by molar-refractivity contribution is 0.171. The lowest BCUT2D eigenvalue weighted by Gasteiger charge is -2.19. The van der Waals surface area contributed by atoms with Crippen LogP contribution in [-0.2, 0) is 19.5 Å². The molecule has 0 atom stereocenters.